The third kappa shape index (κ3) is 3.07. The Labute approximate surface area is 145 Å². The maximum atomic E-state index is 12.4. The van der Waals surface area contributed by atoms with Gasteiger partial charge in [-0.05, 0) is 31.0 Å². The number of H-pyrrole nitrogens is 1. The van der Waals surface area contributed by atoms with Gasteiger partial charge in [-0.2, -0.15) is 5.10 Å². The summed E-state index contributed by atoms with van der Waals surface area (Å²) in [5, 5.41) is 12.9. The molecule has 4 heterocycles. The van der Waals surface area contributed by atoms with Gasteiger partial charge in [-0.25, -0.2) is 0 Å². The van der Waals surface area contributed by atoms with Crippen LogP contribution in [-0.2, 0) is 13.6 Å². The lowest BCUT2D eigenvalue weighted by Crippen LogP contribution is -2.38. The van der Waals surface area contributed by atoms with E-state index < -0.39 is 0 Å². The van der Waals surface area contributed by atoms with Crippen LogP contribution in [0.15, 0.2) is 36.8 Å². The van der Waals surface area contributed by atoms with Gasteiger partial charge in [-0.15, -0.1) is 10.2 Å². The van der Waals surface area contributed by atoms with E-state index in [-0.39, 0.29) is 5.91 Å². The molecule has 0 aliphatic carbocycles. The van der Waals surface area contributed by atoms with E-state index in [1.54, 1.807) is 12.4 Å². The molecule has 0 saturated carbocycles. The average molecular weight is 339 g/mol. The molecule has 0 spiro atoms. The van der Waals surface area contributed by atoms with Crippen LogP contribution in [0.3, 0.4) is 0 Å². The highest BCUT2D eigenvalue weighted by Crippen LogP contribution is 2.27. The minimum absolute atomic E-state index is 0.0702. The highest BCUT2D eigenvalue weighted by atomic mass is 16.2. The number of aromatic amines is 1. The number of aromatic nitrogens is 6. The fourth-order valence-electron chi connectivity index (χ4n) is 3.38. The van der Waals surface area contributed by atoms with Crippen molar-refractivity contribution >= 4 is 5.91 Å². The van der Waals surface area contributed by atoms with E-state index in [0.29, 0.717) is 18.2 Å². The number of hydrogen-bond acceptors (Lipinski definition) is 4. The largest absolute Gasteiger partial charge is 0.357 e. The van der Waals surface area contributed by atoms with Crippen molar-refractivity contribution in [3.05, 3.63) is 54.1 Å². The van der Waals surface area contributed by atoms with Crippen molar-refractivity contribution in [3.63, 3.8) is 0 Å². The maximum absolute atomic E-state index is 12.4. The number of carbonyl (C=O) groups excluding carboxylic acids is 1. The maximum Gasteiger partial charge on any atom is 0.270 e. The second kappa shape index (κ2) is 6.54. The number of hydrogen-bond donors (Lipinski definition) is 1. The summed E-state index contributed by atoms with van der Waals surface area (Å²) in [7, 11) is 2.00. The van der Waals surface area contributed by atoms with Gasteiger partial charge in [0.25, 0.3) is 5.91 Å². The predicted octanol–water partition coefficient (Wildman–Crippen LogP) is 1.41. The molecule has 1 saturated heterocycles. The molecule has 1 amide bonds. The normalized spacial score (nSPS) is 15.6. The summed E-state index contributed by atoms with van der Waals surface area (Å²) in [6.07, 6.45) is 7.26. The molecule has 0 bridgehead atoms. The van der Waals surface area contributed by atoms with Crippen LogP contribution in [0.25, 0.3) is 0 Å². The van der Waals surface area contributed by atoms with Gasteiger partial charge >= 0.3 is 0 Å². The van der Waals surface area contributed by atoms with Crippen LogP contribution in [-0.4, -0.2) is 53.4 Å². The molecule has 1 fully saturated rings. The van der Waals surface area contributed by atoms with Crippen molar-refractivity contribution < 1.29 is 4.79 Å². The van der Waals surface area contributed by atoms with Gasteiger partial charge in [0, 0.05) is 44.6 Å². The zero-order chi connectivity index (χ0) is 17.2. The fourth-order valence-corrected chi connectivity index (χ4v) is 3.38. The van der Waals surface area contributed by atoms with E-state index in [0.717, 1.165) is 37.6 Å². The van der Waals surface area contributed by atoms with E-state index in [9.17, 15) is 4.79 Å². The first-order valence-corrected chi connectivity index (χ1v) is 8.50. The number of nitrogens with one attached hydrogen (secondary N) is 1. The highest BCUT2D eigenvalue weighted by Gasteiger charge is 2.28. The average Bonchev–Trinajstić information content (AvgIpc) is 3.39. The number of carbonyl (C=O) groups is 1. The number of rotatable bonds is 4. The Morgan fingerprint density at radius 2 is 2.12 bits per heavy atom. The lowest BCUT2D eigenvalue weighted by atomic mass is 9.95. The fraction of sp³-hybridized carbons (Fsp3) is 0.412. The summed E-state index contributed by atoms with van der Waals surface area (Å²) >= 11 is 0. The van der Waals surface area contributed by atoms with Crippen LogP contribution in [0.2, 0.25) is 0 Å². The number of nitrogens with zero attached hydrogens (tertiary/aromatic N) is 6. The van der Waals surface area contributed by atoms with Crippen LogP contribution >= 0.6 is 0 Å². The molecule has 0 aromatic carbocycles. The van der Waals surface area contributed by atoms with Gasteiger partial charge in [0.2, 0.25) is 0 Å². The summed E-state index contributed by atoms with van der Waals surface area (Å²) in [5.74, 6) is 2.29. The quantitative estimate of drug-likeness (QED) is 0.779. The lowest BCUT2D eigenvalue weighted by molar-refractivity contribution is 0.0705. The van der Waals surface area contributed by atoms with Gasteiger partial charge in [0.1, 0.15) is 18.1 Å². The molecule has 1 N–H and O–H groups in total. The van der Waals surface area contributed by atoms with Crippen molar-refractivity contribution in [2.75, 3.05) is 13.1 Å². The van der Waals surface area contributed by atoms with Gasteiger partial charge in [0.05, 0.1) is 0 Å². The molecule has 1 aliphatic heterocycles. The topological polar surface area (TPSA) is 84.6 Å². The molecule has 4 rings (SSSR count). The zero-order valence-electron chi connectivity index (χ0n) is 14.2. The van der Waals surface area contributed by atoms with Crippen LogP contribution in [0.1, 0.15) is 40.9 Å². The van der Waals surface area contributed by atoms with Crippen molar-refractivity contribution in [1.29, 1.82) is 0 Å². The first kappa shape index (κ1) is 15.6. The van der Waals surface area contributed by atoms with Crippen LogP contribution in [0, 0.1) is 0 Å². The van der Waals surface area contributed by atoms with Crippen molar-refractivity contribution in [1.82, 2.24) is 34.4 Å². The monoisotopic (exact) mass is 339 g/mol. The Bertz CT molecular complexity index is 827. The summed E-state index contributed by atoms with van der Waals surface area (Å²) in [5.41, 5.74) is 0.651. The summed E-state index contributed by atoms with van der Waals surface area (Å²) in [4.78, 5) is 17.3. The Hall–Kier alpha value is -2.90. The third-order valence-electron chi connectivity index (χ3n) is 4.84. The summed E-state index contributed by atoms with van der Waals surface area (Å²) < 4.78 is 3.90. The summed E-state index contributed by atoms with van der Waals surface area (Å²) in [6.45, 7) is 2.09. The molecule has 1 aliphatic rings. The van der Waals surface area contributed by atoms with Crippen molar-refractivity contribution in [2.24, 2.45) is 7.05 Å². The second-order valence-electron chi connectivity index (χ2n) is 6.39. The molecule has 3 aromatic heterocycles. The smallest absolute Gasteiger partial charge is 0.270 e. The van der Waals surface area contributed by atoms with Crippen LogP contribution in [0.5, 0.6) is 0 Å². The molecule has 0 atom stereocenters. The van der Waals surface area contributed by atoms with E-state index in [4.69, 9.17) is 0 Å². The first-order valence-electron chi connectivity index (χ1n) is 8.50. The van der Waals surface area contributed by atoms with Gasteiger partial charge in [-0.1, -0.05) is 0 Å². The minimum atomic E-state index is 0.0702. The SMILES string of the molecule is Cn1c(Cn2cccn2)nnc1C1CCN(C(=O)c2ccc[nH]2)CC1. The van der Waals surface area contributed by atoms with E-state index in [1.807, 2.05) is 41.0 Å². The standard InChI is InChI=1S/C17H21N7O/c1-22-15(12-24-9-3-8-19-24)20-21-16(22)13-5-10-23(11-6-13)17(25)14-4-2-7-18-14/h2-4,7-9,13,18H,5-6,10-12H2,1H3. The van der Waals surface area contributed by atoms with Crippen LogP contribution in [0.4, 0.5) is 0 Å². The van der Waals surface area contributed by atoms with E-state index >= 15 is 0 Å². The Balaban J connectivity index is 1.41. The van der Waals surface area contributed by atoms with Crippen LogP contribution < -0.4 is 0 Å². The van der Waals surface area contributed by atoms with Crippen molar-refractivity contribution in [2.45, 2.75) is 25.3 Å². The Morgan fingerprint density at radius 3 is 2.80 bits per heavy atom. The molecule has 8 heteroatoms. The Kier molecular flexibility index (Phi) is 4.09. The Morgan fingerprint density at radius 1 is 1.28 bits per heavy atom. The van der Waals surface area contributed by atoms with Crippen molar-refractivity contribution in [3.8, 4) is 0 Å². The number of piperidine rings is 1. The molecule has 8 nitrogen and oxygen atoms in total. The predicted molar refractivity (Wildman–Crippen MR) is 91.0 cm³/mol. The van der Waals surface area contributed by atoms with E-state index in [2.05, 4.69) is 24.8 Å². The third-order valence-corrected chi connectivity index (χ3v) is 4.84. The first-order chi connectivity index (χ1) is 12.2. The lowest BCUT2D eigenvalue weighted by Gasteiger charge is -2.31. The molecule has 25 heavy (non-hydrogen) atoms. The summed E-state index contributed by atoms with van der Waals surface area (Å²) in [6, 6.07) is 5.56. The zero-order valence-corrected chi connectivity index (χ0v) is 14.2. The number of amides is 1. The van der Waals surface area contributed by atoms with E-state index in [1.165, 1.54) is 0 Å². The van der Waals surface area contributed by atoms with Gasteiger partial charge in [0.15, 0.2) is 5.82 Å². The second-order valence-corrected chi connectivity index (χ2v) is 6.39. The van der Waals surface area contributed by atoms with Gasteiger partial charge in [-0.3, -0.25) is 9.48 Å². The minimum Gasteiger partial charge on any atom is -0.357 e. The molecule has 3 aromatic rings. The molecule has 0 radical (unpaired) electrons. The van der Waals surface area contributed by atoms with Gasteiger partial charge < -0.3 is 14.5 Å². The highest BCUT2D eigenvalue weighted by molar-refractivity contribution is 5.92. The molecule has 130 valence electrons. The number of likely N-dealkylation sites (tertiary alicyclic amines) is 1. The molecular formula is C17H21N7O. The molecule has 0 unspecified atom stereocenters. The molecular weight excluding hydrogens is 318 g/mol.